The van der Waals surface area contributed by atoms with E-state index in [0.717, 1.165) is 10.2 Å². The molecule has 1 aromatic heterocycles. The molecule has 32 heavy (non-hydrogen) atoms. The van der Waals surface area contributed by atoms with E-state index < -0.39 is 17.9 Å². The molecule has 0 aliphatic heterocycles. The highest BCUT2D eigenvalue weighted by Gasteiger charge is 2.29. The topological polar surface area (TPSA) is 94.8 Å². The van der Waals surface area contributed by atoms with Gasteiger partial charge in [0.15, 0.2) is 5.92 Å². The van der Waals surface area contributed by atoms with Gasteiger partial charge in [-0.05, 0) is 41.7 Å². The number of ether oxygens (including phenoxy) is 2. The number of fused-ring (bicyclic) bond motifs is 1. The molecule has 0 spiro atoms. The van der Waals surface area contributed by atoms with Gasteiger partial charge in [0.25, 0.3) is 0 Å². The fraction of sp³-hybridized carbons (Fsp3) is 0.375. The summed E-state index contributed by atoms with van der Waals surface area (Å²) in [4.78, 5) is 35.9. The fourth-order valence-electron chi connectivity index (χ4n) is 3.10. The zero-order chi connectivity index (χ0) is 23.3. The Labute approximate surface area is 190 Å². The second-order valence-electron chi connectivity index (χ2n) is 8.74. The first-order valence-corrected chi connectivity index (χ1v) is 11.2. The van der Waals surface area contributed by atoms with Crippen LogP contribution in [0, 0.1) is 11.3 Å². The molecular formula is C24H27NO6S. The zero-order valence-electron chi connectivity index (χ0n) is 18.4. The summed E-state index contributed by atoms with van der Waals surface area (Å²) >= 11 is 1.21. The molecule has 0 saturated carbocycles. The average Bonchev–Trinajstić information content (AvgIpc) is 3.06. The Balaban J connectivity index is 1.57. The first-order chi connectivity index (χ1) is 15.1. The molecule has 1 atom stereocenters. The maximum Gasteiger partial charge on any atom is 0.320 e. The number of hydrogen-bond acceptors (Lipinski definition) is 6. The van der Waals surface area contributed by atoms with Crippen LogP contribution in [0.5, 0.6) is 5.75 Å². The highest BCUT2D eigenvalue weighted by atomic mass is 32.1. The van der Waals surface area contributed by atoms with Crippen molar-refractivity contribution in [3.05, 3.63) is 63.8 Å². The number of rotatable bonds is 9. The van der Waals surface area contributed by atoms with Gasteiger partial charge in [-0.15, -0.1) is 0 Å². The lowest BCUT2D eigenvalue weighted by Crippen LogP contribution is -2.30. The monoisotopic (exact) mass is 457 g/mol. The van der Waals surface area contributed by atoms with E-state index in [1.807, 2.05) is 45.0 Å². The molecule has 0 radical (unpaired) electrons. The standard InChI is InChI=1S/C24H27NO6S/c1-24(2,3)15-31-22(28)18(21(26)27)14-16-8-10-17(11-9-16)30-13-12-25-19-6-4-5-7-20(19)32-23(25)29/h4-11,18H,12-15H2,1-3H3,(H,26,27). The lowest BCUT2D eigenvalue weighted by molar-refractivity contribution is -0.160. The Morgan fingerprint density at radius 2 is 1.78 bits per heavy atom. The summed E-state index contributed by atoms with van der Waals surface area (Å²) in [7, 11) is 0. The van der Waals surface area contributed by atoms with Gasteiger partial charge in [-0.25, -0.2) is 0 Å². The van der Waals surface area contributed by atoms with Crippen LogP contribution in [0.25, 0.3) is 10.2 Å². The van der Waals surface area contributed by atoms with Gasteiger partial charge >= 0.3 is 16.8 Å². The number of esters is 1. The van der Waals surface area contributed by atoms with Crippen molar-refractivity contribution >= 4 is 33.5 Å². The first kappa shape index (κ1) is 23.5. The fourth-order valence-corrected chi connectivity index (χ4v) is 4.02. The van der Waals surface area contributed by atoms with Crippen molar-refractivity contribution < 1.29 is 24.2 Å². The molecule has 8 heteroatoms. The smallest absolute Gasteiger partial charge is 0.320 e. The number of aliphatic carboxylic acids is 1. The van der Waals surface area contributed by atoms with Crippen LogP contribution in [-0.2, 0) is 27.3 Å². The summed E-state index contributed by atoms with van der Waals surface area (Å²) in [5, 5.41) is 9.44. The summed E-state index contributed by atoms with van der Waals surface area (Å²) in [5.41, 5.74) is 1.34. The molecule has 3 aromatic rings. The minimum Gasteiger partial charge on any atom is -0.492 e. The van der Waals surface area contributed by atoms with Crippen molar-refractivity contribution in [2.75, 3.05) is 13.2 Å². The van der Waals surface area contributed by atoms with Crippen LogP contribution >= 0.6 is 11.3 Å². The Morgan fingerprint density at radius 3 is 2.44 bits per heavy atom. The Kier molecular flexibility index (Phi) is 7.35. The number of carboxylic acid groups (broad SMARTS) is 1. The molecule has 1 N–H and O–H groups in total. The van der Waals surface area contributed by atoms with Gasteiger partial charge in [-0.2, -0.15) is 0 Å². The third-order valence-corrected chi connectivity index (χ3v) is 5.71. The third-order valence-electron chi connectivity index (χ3n) is 4.75. The number of carbonyl (C=O) groups is 2. The van der Waals surface area contributed by atoms with Crippen LogP contribution in [-0.4, -0.2) is 34.8 Å². The number of hydrogen-bond donors (Lipinski definition) is 1. The first-order valence-electron chi connectivity index (χ1n) is 10.3. The predicted octanol–water partition coefficient (Wildman–Crippen LogP) is 3.97. The van der Waals surface area contributed by atoms with Gasteiger partial charge in [-0.3, -0.25) is 19.0 Å². The quantitative estimate of drug-likeness (QED) is 0.386. The maximum atomic E-state index is 12.2. The molecule has 7 nitrogen and oxygen atoms in total. The second kappa shape index (κ2) is 9.99. The lowest BCUT2D eigenvalue weighted by atomic mass is 9.97. The Morgan fingerprint density at radius 1 is 1.09 bits per heavy atom. The number of carboxylic acids is 1. The van der Waals surface area contributed by atoms with Crippen molar-refractivity contribution in [1.29, 1.82) is 0 Å². The minimum atomic E-state index is -1.26. The number of aromatic nitrogens is 1. The molecule has 0 saturated heterocycles. The molecule has 1 heterocycles. The number of thiazole rings is 1. The minimum absolute atomic E-state index is 0.0248. The van der Waals surface area contributed by atoms with Crippen molar-refractivity contribution in [3.63, 3.8) is 0 Å². The maximum absolute atomic E-state index is 12.2. The third kappa shape index (κ3) is 6.20. The van der Waals surface area contributed by atoms with Gasteiger partial charge in [-0.1, -0.05) is 56.4 Å². The van der Waals surface area contributed by atoms with Gasteiger partial charge < -0.3 is 14.6 Å². The van der Waals surface area contributed by atoms with Crippen LogP contribution in [0.1, 0.15) is 26.3 Å². The van der Waals surface area contributed by atoms with E-state index in [2.05, 4.69) is 0 Å². The molecule has 0 bridgehead atoms. The highest BCUT2D eigenvalue weighted by molar-refractivity contribution is 7.16. The molecule has 0 aliphatic rings. The van der Waals surface area contributed by atoms with Gasteiger partial charge in [0.2, 0.25) is 0 Å². The van der Waals surface area contributed by atoms with E-state index >= 15 is 0 Å². The molecule has 2 aromatic carbocycles. The van der Waals surface area contributed by atoms with E-state index in [9.17, 15) is 19.5 Å². The molecule has 0 amide bonds. The van der Waals surface area contributed by atoms with Gasteiger partial charge in [0.1, 0.15) is 12.4 Å². The van der Waals surface area contributed by atoms with Crippen molar-refractivity contribution in [1.82, 2.24) is 4.57 Å². The summed E-state index contributed by atoms with van der Waals surface area (Å²) < 4.78 is 13.6. The number of benzene rings is 2. The summed E-state index contributed by atoms with van der Waals surface area (Å²) in [6, 6.07) is 14.5. The van der Waals surface area contributed by atoms with Gasteiger partial charge in [0, 0.05) is 0 Å². The van der Waals surface area contributed by atoms with E-state index in [-0.39, 0.29) is 23.3 Å². The Bertz CT molecular complexity index is 1140. The number of carbonyl (C=O) groups excluding carboxylic acids is 1. The highest BCUT2D eigenvalue weighted by Crippen LogP contribution is 2.19. The van der Waals surface area contributed by atoms with Crippen molar-refractivity contribution in [2.45, 2.75) is 33.7 Å². The SMILES string of the molecule is CC(C)(C)COC(=O)C(Cc1ccc(OCCn2c(=O)sc3ccccc32)cc1)C(=O)O. The molecule has 3 rings (SSSR count). The summed E-state index contributed by atoms with van der Waals surface area (Å²) in [6.07, 6.45) is 0.0366. The average molecular weight is 458 g/mol. The van der Waals surface area contributed by atoms with Crippen molar-refractivity contribution in [3.8, 4) is 5.75 Å². The second-order valence-corrected chi connectivity index (χ2v) is 9.74. The Hall–Kier alpha value is -3.13. The largest absolute Gasteiger partial charge is 0.492 e. The van der Waals surface area contributed by atoms with Crippen LogP contribution < -0.4 is 9.61 Å². The van der Waals surface area contributed by atoms with E-state index in [1.54, 1.807) is 28.8 Å². The molecule has 0 fully saturated rings. The molecule has 0 aliphatic carbocycles. The molecule has 170 valence electrons. The predicted molar refractivity (Wildman–Crippen MR) is 123 cm³/mol. The normalized spacial score (nSPS) is 12.5. The van der Waals surface area contributed by atoms with Gasteiger partial charge in [0.05, 0.1) is 23.4 Å². The number of para-hydroxylation sites is 1. The summed E-state index contributed by atoms with van der Waals surface area (Å²) in [6.45, 7) is 6.62. The molecular weight excluding hydrogens is 430 g/mol. The van der Waals surface area contributed by atoms with Crippen LogP contribution in [0.3, 0.4) is 0 Å². The van der Waals surface area contributed by atoms with Crippen LogP contribution in [0.2, 0.25) is 0 Å². The summed E-state index contributed by atoms with van der Waals surface area (Å²) in [5.74, 6) is -2.61. The molecule has 1 unspecified atom stereocenters. The van der Waals surface area contributed by atoms with Crippen LogP contribution in [0.15, 0.2) is 53.3 Å². The van der Waals surface area contributed by atoms with E-state index in [0.29, 0.717) is 24.5 Å². The number of nitrogens with zero attached hydrogens (tertiary/aromatic N) is 1. The van der Waals surface area contributed by atoms with Crippen LogP contribution in [0.4, 0.5) is 0 Å². The van der Waals surface area contributed by atoms with E-state index in [4.69, 9.17) is 9.47 Å². The van der Waals surface area contributed by atoms with E-state index in [1.165, 1.54) is 11.3 Å². The van der Waals surface area contributed by atoms with Crippen molar-refractivity contribution in [2.24, 2.45) is 11.3 Å². The lowest BCUT2D eigenvalue weighted by Gasteiger charge is -2.20. The zero-order valence-corrected chi connectivity index (χ0v) is 19.2.